The van der Waals surface area contributed by atoms with Crippen molar-refractivity contribution >= 4 is 32.7 Å². The average Bonchev–Trinajstić information content (AvgIpc) is 2.71. The fraction of sp³-hybridized carbons (Fsp3) is 0.250. The summed E-state index contributed by atoms with van der Waals surface area (Å²) in [6.07, 6.45) is 1.64. The largest absolute Gasteiger partial charge is 0.497 e. The smallest absolute Gasteiger partial charge is 0.261 e. The minimum absolute atomic E-state index is 0.164. The maximum absolute atomic E-state index is 12.6. The normalized spacial score (nSPS) is 10.7. The van der Waals surface area contributed by atoms with Crippen molar-refractivity contribution in [2.75, 3.05) is 14.2 Å². The highest BCUT2D eigenvalue weighted by molar-refractivity contribution is 9.10. The zero-order valence-corrected chi connectivity index (χ0v) is 17.2. The number of carbonyl (C=O) groups is 1. The number of methoxy groups -OCH3 is 2. The summed E-state index contributed by atoms with van der Waals surface area (Å²) >= 11 is 3.36. The molecule has 0 saturated heterocycles. The number of aryl methyl sites for hydroxylation is 1. The van der Waals surface area contributed by atoms with E-state index in [1.165, 1.54) is 10.9 Å². The molecule has 0 unspecified atom stereocenters. The van der Waals surface area contributed by atoms with E-state index in [4.69, 9.17) is 9.47 Å². The lowest BCUT2D eigenvalue weighted by molar-refractivity contribution is -0.121. The van der Waals surface area contributed by atoms with E-state index < -0.39 is 0 Å². The van der Waals surface area contributed by atoms with Gasteiger partial charge in [-0.2, -0.15) is 0 Å². The van der Waals surface area contributed by atoms with Crippen LogP contribution in [-0.2, 0) is 17.9 Å². The molecule has 146 valence electrons. The zero-order chi connectivity index (χ0) is 20.1. The molecule has 0 fully saturated rings. The summed E-state index contributed by atoms with van der Waals surface area (Å²) < 4.78 is 12.7. The Hall–Kier alpha value is -2.87. The second kappa shape index (κ2) is 8.88. The van der Waals surface area contributed by atoms with Crippen molar-refractivity contribution in [3.05, 3.63) is 63.1 Å². The van der Waals surface area contributed by atoms with Crippen molar-refractivity contribution in [3.8, 4) is 11.5 Å². The third-order valence-corrected chi connectivity index (χ3v) is 4.76. The summed E-state index contributed by atoms with van der Waals surface area (Å²) in [4.78, 5) is 29.0. The van der Waals surface area contributed by atoms with Gasteiger partial charge in [-0.05, 0) is 35.9 Å². The summed E-state index contributed by atoms with van der Waals surface area (Å²) in [5, 5.41) is 3.36. The van der Waals surface area contributed by atoms with Crippen LogP contribution in [0, 0.1) is 0 Å². The fourth-order valence-corrected chi connectivity index (χ4v) is 3.13. The molecule has 7 nitrogen and oxygen atoms in total. The molecule has 1 aromatic heterocycles. The van der Waals surface area contributed by atoms with Gasteiger partial charge in [0.1, 0.15) is 11.5 Å². The molecule has 0 aliphatic rings. The minimum atomic E-state index is -0.170. The van der Waals surface area contributed by atoms with Crippen LogP contribution in [0.5, 0.6) is 11.5 Å². The van der Waals surface area contributed by atoms with Crippen LogP contribution in [0.15, 0.2) is 52.0 Å². The number of ether oxygens (including phenoxy) is 2. The van der Waals surface area contributed by atoms with E-state index in [9.17, 15) is 9.59 Å². The van der Waals surface area contributed by atoms with E-state index >= 15 is 0 Å². The average molecular weight is 446 g/mol. The number of amides is 1. The Bertz CT molecular complexity index is 1040. The number of nitrogens with one attached hydrogen (secondary N) is 1. The van der Waals surface area contributed by atoms with Gasteiger partial charge in [0.05, 0.1) is 31.4 Å². The van der Waals surface area contributed by atoms with Crippen molar-refractivity contribution in [1.29, 1.82) is 0 Å². The molecular weight excluding hydrogens is 426 g/mol. The van der Waals surface area contributed by atoms with Gasteiger partial charge in [0, 0.05) is 30.0 Å². The third-order valence-electron chi connectivity index (χ3n) is 4.27. The topological polar surface area (TPSA) is 82.5 Å². The highest BCUT2D eigenvalue weighted by atomic mass is 79.9. The van der Waals surface area contributed by atoms with Crippen LogP contribution < -0.4 is 20.3 Å². The molecule has 0 saturated carbocycles. The van der Waals surface area contributed by atoms with Crippen LogP contribution in [0.25, 0.3) is 10.9 Å². The highest BCUT2D eigenvalue weighted by Gasteiger charge is 2.08. The summed E-state index contributed by atoms with van der Waals surface area (Å²) in [5.41, 5.74) is 1.32. The number of rotatable bonds is 7. The first-order valence-electron chi connectivity index (χ1n) is 8.63. The number of hydrogen-bond acceptors (Lipinski definition) is 5. The first-order valence-corrected chi connectivity index (χ1v) is 9.43. The van der Waals surface area contributed by atoms with Crippen LogP contribution >= 0.6 is 15.9 Å². The Morgan fingerprint density at radius 3 is 2.54 bits per heavy atom. The van der Waals surface area contributed by atoms with Gasteiger partial charge in [0.2, 0.25) is 5.91 Å². The van der Waals surface area contributed by atoms with E-state index in [1.54, 1.807) is 32.4 Å². The Balaban J connectivity index is 1.63. The number of fused-ring (bicyclic) bond motifs is 1. The molecule has 0 atom stereocenters. The fourth-order valence-electron chi connectivity index (χ4n) is 2.77. The summed E-state index contributed by atoms with van der Waals surface area (Å²) in [6.45, 7) is 0.589. The molecule has 0 aliphatic heterocycles. The van der Waals surface area contributed by atoms with Gasteiger partial charge >= 0.3 is 0 Å². The monoisotopic (exact) mass is 445 g/mol. The quantitative estimate of drug-likeness (QED) is 0.604. The lowest BCUT2D eigenvalue weighted by Crippen LogP contribution is -2.27. The van der Waals surface area contributed by atoms with E-state index in [0.717, 1.165) is 10.0 Å². The van der Waals surface area contributed by atoms with Crippen LogP contribution in [0.2, 0.25) is 0 Å². The van der Waals surface area contributed by atoms with Gasteiger partial charge in [-0.25, -0.2) is 4.98 Å². The molecule has 3 rings (SSSR count). The lowest BCUT2D eigenvalue weighted by atomic mass is 10.2. The Kier molecular flexibility index (Phi) is 6.30. The van der Waals surface area contributed by atoms with Gasteiger partial charge in [-0.1, -0.05) is 15.9 Å². The van der Waals surface area contributed by atoms with Gasteiger partial charge in [0.25, 0.3) is 5.56 Å². The molecule has 0 aliphatic carbocycles. The van der Waals surface area contributed by atoms with E-state index in [-0.39, 0.29) is 24.4 Å². The molecule has 0 radical (unpaired) electrons. The highest BCUT2D eigenvalue weighted by Crippen LogP contribution is 2.22. The van der Waals surface area contributed by atoms with Gasteiger partial charge in [-0.3, -0.25) is 14.2 Å². The summed E-state index contributed by atoms with van der Waals surface area (Å²) in [7, 11) is 3.15. The number of carbonyl (C=O) groups excluding carboxylic acids is 1. The zero-order valence-electron chi connectivity index (χ0n) is 15.6. The Labute approximate surface area is 170 Å². The minimum Gasteiger partial charge on any atom is -0.497 e. The molecular formula is C20H20BrN3O4. The van der Waals surface area contributed by atoms with Gasteiger partial charge < -0.3 is 14.8 Å². The predicted octanol–water partition coefficient (Wildman–Crippen LogP) is 2.88. The molecule has 1 N–H and O–H groups in total. The summed E-state index contributed by atoms with van der Waals surface area (Å²) in [5.74, 6) is 1.15. The molecule has 0 spiro atoms. The van der Waals surface area contributed by atoms with Crippen LogP contribution in [0.1, 0.15) is 12.0 Å². The lowest BCUT2D eigenvalue weighted by Gasteiger charge is -2.10. The summed E-state index contributed by atoms with van der Waals surface area (Å²) in [6, 6.07) is 10.8. The number of nitrogens with zero attached hydrogens (tertiary/aromatic N) is 2. The number of halogens is 1. The Morgan fingerprint density at radius 1 is 1.14 bits per heavy atom. The molecule has 8 heteroatoms. The molecule has 28 heavy (non-hydrogen) atoms. The maximum atomic E-state index is 12.6. The number of benzene rings is 2. The number of hydrogen-bond donors (Lipinski definition) is 1. The SMILES string of the molecule is COc1cc(CNC(=O)CCn2cnc3ccc(Br)cc3c2=O)cc(OC)c1. The van der Waals surface area contributed by atoms with Gasteiger partial charge in [0.15, 0.2) is 0 Å². The van der Waals surface area contributed by atoms with E-state index in [2.05, 4.69) is 26.2 Å². The van der Waals surface area contributed by atoms with Crippen molar-refractivity contribution in [3.63, 3.8) is 0 Å². The predicted molar refractivity (Wildman–Crippen MR) is 110 cm³/mol. The van der Waals surface area contributed by atoms with Crippen LogP contribution in [0.4, 0.5) is 0 Å². The molecule has 3 aromatic rings. The van der Waals surface area contributed by atoms with Gasteiger partial charge in [-0.15, -0.1) is 0 Å². The molecule has 2 aromatic carbocycles. The maximum Gasteiger partial charge on any atom is 0.261 e. The second-order valence-corrected chi connectivity index (χ2v) is 7.07. The first kappa shape index (κ1) is 19.9. The molecule has 1 heterocycles. The van der Waals surface area contributed by atoms with Crippen LogP contribution in [-0.4, -0.2) is 29.7 Å². The second-order valence-electron chi connectivity index (χ2n) is 6.15. The Morgan fingerprint density at radius 2 is 1.86 bits per heavy atom. The van der Waals surface area contributed by atoms with Crippen molar-refractivity contribution < 1.29 is 14.3 Å². The van der Waals surface area contributed by atoms with Crippen molar-refractivity contribution in [2.24, 2.45) is 0 Å². The standard InChI is InChI=1S/C20H20BrN3O4/c1-27-15-7-13(8-16(10-15)28-2)11-22-19(25)5-6-24-12-23-18-4-3-14(21)9-17(18)20(24)26/h3-4,7-10,12H,5-6,11H2,1-2H3,(H,22,25). The van der Waals surface area contributed by atoms with Crippen molar-refractivity contribution in [2.45, 2.75) is 19.5 Å². The van der Waals surface area contributed by atoms with Crippen molar-refractivity contribution in [1.82, 2.24) is 14.9 Å². The molecule has 0 bridgehead atoms. The van der Waals surface area contributed by atoms with Crippen LogP contribution in [0.3, 0.4) is 0 Å². The first-order chi connectivity index (χ1) is 13.5. The number of aromatic nitrogens is 2. The third kappa shape index (κ3) is 4.69. The van der Waals surface area contributed by atoms with E-state index in [1.807, 2.05) is 18.2 Å². The molecule has 1 amide bonds. The van der Waals surface area contributed by atoms with E-state index in [0.29, 0.717) is 28.9 Å².